The summed E-state index contributed by atoms with van der Waals surface area (Å²) in [7, 11) is 1.48. The first-order valence-corrected chi connectivity index (χ1v) is 5.69. The Bertz CT molecular complexity index is 615. The van der Waals surface area contributed by atoms with E-state index in [0.717, 1.165) is 0 Å². The van der Waals surface area contributed by atoms with Crippen molar-refractivity contribution in [2.75, 3.05) is 7.11 Å². The molecule has 0 saturated carbocycles. The van der Waals surface area contributed by atoms with Crippen LogP contribution in [-0.4, -0.2) is 23.2 Å². The van der Waals surface area contributed by atoms with E-state index in [-0.39, 0.29) is 17.2 Å². The fourth-order valence-corrected chi connectivity index (χ4v) is 1.64. The minimum absolute atomic E-state index is 0.0415. The van der Waals surface area contributed by atoms with Crippen LogP contribution in [0.2, 0.25) is 5.02 Å². The fraction of sp³-hybridized carbons (Fsp3) is 0.0769. The normalized spacial score (nSPS) is 10.0. The molecule has 2 rings (SSSR count). The Balaban J connectivity index is 2.41. The first-order valence-electron chi connectivity index (χ1n) is 5.31. The highest BCUT2D eigenvalue weighted by Gasteiger charge is 2.15. The van der Waals surface area contributed by atoms with Gasteiger partial charge in [0.1, 0.15) is 11.3 Å². The Morgan fingerprint density at radius 2 is 2.11 bits per heavy atom. The molecule has 0 aliphatic carbocycles. The second-order valence-electron chi connectivity index (χ2n) is 3.56. The summed E-state index contributed by atoms with van der Waals surface area (Å²) in [5.74, 6) is -0.384. The van der Waals surface area contributed by atoms with E-state index in [2.05, 4.69) is 4.98 Å². The summed E-state index contributed by atoms with van der Waals surface area (Å²) in [6, 6.07) is 7.68. The zero-order valence-corrected chi connectivity index (χ0v) is 10.7. The Morgan fingerprint density at radius 3 is 2.79 bits per heavy atom. The van der Waals surface area contributed by atoms with Gasteiger partial charge in [0.05, 0.1) is 7.11 Å². The molecule has 0 saturated heterocycles. The first-order chi connectivity index (χ1) is 9.11. The highest BCUT2D eigenvalue weighted by Crippen LogP contribution is 2.31. The van der Waals surface area contributed by atoms with Crippen molar-refractivity contribution in [3.8, 4) is 17.4 Å². The maximum absolute atomic E-state index is 11.1. The predicted octanol–water partition coefficient (Wildman–Crippen LogP) is 3.23. The van der Waals surface area contributed by atoms with E-state index in [4.69, 9.17) is 26.2 Å². The molecule has 0 atom stereocenters. The summed E-state index contributed by atoms with van der Waals surface area (Å²) in [6.07, 6.45) is 1.52. The predicted molar refractivity (Wildman–Crippen MR) is 69.3 cm³/mol. The van der Waals surface area contributed by atoms with Gasteiger partial charge in [-0.3, -0.25) is 0 Å². The van der Waals surface area contributed by atoms with E-state index in [1.165, 1.54) is 25.4 Å². The molecule has 0 spiro atoms. The zero-order chi connectivity index (χ0) is 13.8. The van der Waals surface area contributed by atoms with Crippen LogP contribution < -0.4 is 9.47 Å². The molecule has 6 heteroatoms. The van der Waals surface area contributed by atoms with Crippen LogP contribution >= 0.6 is 11.6 Å². The number of methoxy groups -OCH3 is 1. The molecule has 5 nitrogen and oxygen atoms in total. The van der Waals surface area contributed by atoms with Crippen LogP contribution in [0.1, 0.15) is 10.4 Å². The number of carboxylic acid groups (broad SMARTS) is 1. The average Bonchev–Trinajstić information content (AvgIpc) is 2.41. The van der Waals surface area contributed by atoms with Gasteiger partial charge in [0.15, 0.2) is 5.75 Å². The third-order valence-electron chi connectivity index (χ3n) is 2.33. The maximum Gasteiger partial charge on any atom is 0.339 e. The second kappa shape index (κ2) is 5.58. The Morgan fingerprint density at radius 1 is 1.32 bits per heavy atom. The van der Waals surface area contributed by atoms with Gasteiger partial charge >= 0.3 is 5.97 Å². The van der Waals surface area contributed by atoms with Crippen LogP contribution in [0.15, 0.2) is 36.5 Å². The molecule has 98 valence electrons. The first kappa shape index (κ1) is 13.2. The lowest BCUT2D eigenvalue weighted by Gasteiger charge is -2.10. The molecule has 1 N–H and O–H groups in total. The van der Waals surface area contributed by atoms with E-state index in [0.29, 0.717) is 10.8 Å². The third kappa shape index (κ3) is 2.95. The summed E-state index contributed by atoms with van der Waals surface area (Å²) < 4.78 is 10.6. The summed E-state index contributed by atoms with van der Waals surface area (Å²) in [5.41, 5.74) is -0.0415. The van der Waals surface area contributed by atoms with E-state index in [9.17, 15) is 4.79 Å². The number of halogens is 1. The molecule has 0 fully saturated rings. The van der Waals surface area contributed by atoms with Crippen molar-refractivity contribution in [1.29, 1.82) is 0 Å². The van der Waals surface area contributed by atoms with Crippen LogP contribution in [0, 0.1) is 0 Å². The standard InChI is InChI=1S/C13H10ClNO4/c1-18-11-3-2-6-15-12(11)19-10-5-4-8(14)7-9(10)13(16)17/h2-7H,1H3,(H,16,17). The number of benzene rings is 1. The number of nitrogens with zero attached hydrogens (tertiary/aromatic N) is 1. The molecular formula is C13H10ClNO4. The van der Waals surface area contributed by atoms with Crippen molar-refractivity contribution >= 4 is 17.6 Å². The summed E-state index contributed by atoms with van der Waals surface area (Å²) in [6.45, 7) is 0. The average molecular weight is 280 g/mol. The van der Waals surface area contributed by atoms with Gasteiger partial charge in [-0.15, -0.1) is 0 Å². The van der Waals surface area contributed by atoms with Crippen molar-refractivity contribution in [3.63, 3.8) is 0 Å². The topological polar surface area (TPSA) is 68.7 Å². The Hall–Kier alpha value is -2.27. The van der Waals surface area contributed by atoms with Gasteiger partial charge < -0.3 is 14.6 Å². The molecule has 0 amide bonds. The van der Waals surface area contributed by atoms with Gasteiger partial charge in [-0.2, -0.15) is 0 Å². The van der Waals surface area contributed by atoms with Crippen molar-refractivity contribution in [1.82, 2.24) is 4.98 Å². The van der Waals surface area contributed by atoms with Gasteiger partial charge in [-0.05, 0) is 30.3 Å². The molecule has 1 aromatic carbocycles. The number of pyridine rings is 1. The quantitative estimate of drug-likeness (QED) is 0.930. The van der Waals surface area contributed by atoms with Gasteiger partial charge in [-0.1, -0.05) is 11.6 Å². The highest BCUT2D eigenvalue weighted by atomic mass is 35.5. The van der Waals surface area contributed by atoms with Crippen LogP contribution in [0.5, 0.6) is 17.4 Å². The fourth-order valence-electron chi connectivity index (χ4n) is 1.47. The molecule has 0 aliphatic heterocycles. The second-order valence-corrected chi connectivity index (χ2v) is 3.99. The van der Waals surface area contributed by atoms with E-state index in [1.807, 2.05) is 0 Å². The molecule has 0 bridgehead atoms. The molecular weight excluding hydrogens is 270 g/mol. The van der Waals surface area contributed by atoms with Crippen LogP contribution in [-0.2, 0) is 0 Å². The van der Waals surface area contributed by atoms with Crippen molar-refractivity contribution in [2.45, 2.75) is 0 Å². The summed E-state index contributed by atoms with van der Waals surface area (Å²) in [4.78, 5) is 15.1. The number of aromatic carboxylic acids is 1. The number of hydrogen-bond donors (Lipinski definition) is 1. The molecule has 1 heterocycles. The van der Waals surface area contributed by atoms with Crippen LogP contribution in [0.25, 0.3) is 0 Å². The molecule has 0 radical (unpaired) electrons. The summed E-state index contributed by atoms with van der Waals surface area (Å²) in [5, 5.41) is 9.42. The minimum Gasteiger partial charge on any atom is -0.491 e. The number of carbonyl (C=O) groups is 1. The maximum atomic E-state index is 11.1. The lowest BCUT2D eigenvalue weighted by molar-refractivity contribution is 0.0694. The van der Waals surface area contributed by atoms with Crippen LogP contribution in [0.4, 0.5) is 0 Å². The highest BCUT2D eigenvalue weighted by molar-refractivity contribution is 6.31. The third-order valence-corrected chi connectivity index (χ3v) is 2.57. The van der Waals surface area contributed by atoms with Gasteiger partial charge in [-0.25, -0.2) is 9.78 Å². The lowest BCUT2D eigenvalue weighted by Crippen LogP contribution is -2.01. The Labute approximate surface area is 114 Å². The molecule has 0 unspecified atom stereocenters. The molecule has 1 aromatic heterocycles. The zero-order valence-electron chi connectivity index (χ0n) is 9.96. The molecule has 19 heavy (non-hydrogen) atoms. The smallest absolute Gasteiger partial charge is 0.339 e. The minimum atomic E-state index is -1.13. The number of carboxylic acids is 1. The van der Waals surface area contributed by atoms with E-state index in [1.54, 1.807) is 18.2 Å². The van der Waals surface area contributed by atoms with Gasteiger partial charge in [0.2, 0.25) is 0 Å². The van der Waals surface area contributed by atoms with Crippen molar-refractivity contribution in [3.05, 3.63) is 47.1 Å². The van der Waals surface area contributed by atoms with Gasteiger partial charge in [0.25, 0.3) is 5.88 Å². The van der Waals surface area contributed by atoms with Gasteiger partial charge in [0, 0.05) is 11.2 Å². The lowest BCUT2D eigenvalue weighted by atomic mass is 10.2. The number of rotatable bonds is 4. The SMILES string of the molecule is COc1cccnc1Oc1ccc(Cl)cc1C(=O)O. The van der Waals surface area contributed by atoms with Crippen molar-refractivity contribution in [2.24, 2.45) is 0 Å². The number of ether oxygens (including phenoxy) is 2. The number of hydrogen-bond acceptors (Lipinski definition) is 4. The number of aromatic nitrogens is 1. The van der Waals surface area contributed by atoms with E-state index >= 15 is 0 Å². The van der Waals surface area contributed by atoms with Crippen molar-refractivity contribution < 1.29 is 19.4 Å². The summed E-state index contributed by atoms with van der Waals surface area (Å²) >= 11 is 5.76. The molecule has 2 aromatic rings. The van der Waals surface area contributed by atoms with E-state index < -0.39 is 5.97 Å². The molecule has 0 aliphatic rings. The largest absolute Gasteiger partial charge is 0.491 e. The van der Waals surface area contributed by atoms with Crippen LogP contribution in [0.3, 0.4) is 0 Å². The Kier molecular flexibility index (Phi) is 3.87. The monoisotopic (exact) mass is 279 g/mol.